The summed E-state index contributed by atoms with van der Waals surface area (Å²) in [4.78, 5) is 4.35. The minimum Gasteiger partial charge on any atom is -0.253 e. The van der Waals surface area contributed by atoms with Crippen LogP contribution in [0.4, 0.5) is 0 Å². The van der Waals surface area contributed by atoms with Crippen molar-refractivity contribution in [1.29, 1.82) is 0 Å². The van der Waals surface area contributed by atoms with Gasteiger partial charge in [0.15, 0.2) is 5.82 Å². The van der Waals surface area contributed by atoms with Crippen molar-refractivity contribution in [2.45, 2.75) is 58.4 Å². The zero-order chi connectivity index (χ0) is 15.0. The molecular formula is C13H23N7. The zero-order valence-electron chi connectivity index (χ0n) is 13.1. The molecule has 0 aliphatic carbocycles. The second-order valence-electron chi connectivity index (χ2n) is 6.82. The molecule has 0 amide bonds. The van der Waals surface area contributed by atoms with Crippen molar-refractivity contribution in [1.82, 2.24) is 35.0 Å². The molecule has 0 aromatic carbocycles. The van der Waals surface area contributed by atoms with Crippen molar-refractivity contribution in [2.75, 3.05) is 0 Å². The van der Waals surface area contributed by atoms with Gasteiger partial charge < -0.3 is 0 Å². The predicted octanol–water partition coefficient (Wildman–Crippen LogP) is 1.47. The summed E-state index contributed by atoms with van der Waals surface area (Å²) in [6, 6.07) is 0. The first-order valence-electron chi connectivity index (χ1n) is 6.83. The van der Waals surface area contributed by atoms with E-state index in [1.807, 2.05) is 16.4 Å². The predicted molar refractivity (Wildman–Crippen MR) is 75.2 cm³/mol. The highest BCUT2D eigenvalue weighted by atomic mass is 15.5. The summed E-state index contributed by atoms with van der Waals surface area (Å²) < 4.78 is 3.71. The third-order valence-corrected chi connectivity index (χ3v) is 3.47. The Bertz CT molecular complexity index is 574. The Hall–Kier alpha value is -1.79. The number of aryl methyl sites for hydroxylation is 2. The van der Waals surface area contributed by atoms with Gasteiger partial charge in [0, 0.05) is 24.4 Å². The largest absolute Gasteiger partial charge is 0.253 e. The van der Waals surface area contributed by atoms with Gasteiger partial charge >= 0.3 is 0 Å². The molecule has 0 N–H and O–H groups in total. The fraction of sp³-hybridized carbons (Fsp3) is 0.769. The van der Waals surface area contributed by atoms with E-state index >= 15 is 0 Å². The number of rotatable bonds is 4. The van der Waals surface area contributed by atoms with E-state index in [1.165, 1.54) is 0 Å². The highest BCUT2D eigenvalue weighted by Gasteiger charge is 2.28. The van der Waals surface area contributed by atoms with Crippen molar-refractivity contribution < 1.29 is 0 Å². The quantitative estimate of drug-likeness (QED) is 0.846. The Morgan fingerprint density at radius 2 is 1.80 bits per heavy atom. The molecule has 2 rings (SSSR count). The van der Waals surface area contributed by atoms with E-state index in [1.54, 1.807) is 6.33 Å². The fourth-order valence-electron chi connectivity index (χ4n) is 2.30. The SMILES string of the molecule is Cn1ncnc1C(C)(C)CCn1nnnc1C(C)(C)C. The molecule has 0 aliphatic rings. The number of tetrazole rings is 1. The van der Waals surface area contributed by atoms with Crippen molar-refractivity contribution in [2.24, 2.45) is 7.05 Å². The molecular weight excluding hydrogens is 254 g/mol. The van der Waals surface area contributed by atoms with E-state index in [0.29, 0.717) is 0 Å². The average Bonchev–Trinajstić information content (AvgIpc) is 2.93. The zero-order valence-corrected chi connectivity index (χ0v) is 13.1. The maximum atomic E-state index is 4.35. The second-order valence-corrected chi connectivity index (χ2v) is 6.82. The van der Waals surface area contributed by atoms with Crippen LogP contribution in [0.25, 0.3) is 0 Å². The first-order chi connectivity index (χ1) is 9.22. The van der Waals surface area contributed by atoms with Gasteiger partial charge in [-0.05, 0) is 16.8 Å². The van der Waals surface area contributed by atoms with E-state index in [2.05, 4.69) is 60.2 Å². The number of hydrogen-bond donors (Lipinski definition) is 0. The molecule has 7 heteroatoms. The van der Waals surface area contributed by atoms with E-state index in [9.17, 15) is 0 Å². The van der Waals surface area contributed by atoms with Crippen LogP contribution in [-0.4, -0.2) is 35.0 Å². The molecule has 0 fully saturated rings. The number of aromatic nitrogens is 7. The molecule has 0 spiro atoms. The topological polar surface area (TPSA) is 74.3 Å². The molecule has 0 aliphatic heterocycles. The summed E-state index contributed by atoms with van der Waals surface area (Å²) in [5.74, 6) is 1.88. The van der Waals surface area contributed by atoms with Crippen molar-refractivity contribution in [3.63, 3.8) is 0 Å². The van der Waals surface area contributed by atoms with Gasteiger partial charge in [-0.3, -0.25) is 4.68 Å². The lowest BCUT2D eigenvalue weighted by Gasteiger charge is -2.24. The van der Waals surface area contributed by atoms with Crippen LogP contribution in [0.3, 0.4) is 0 Å². The summed E-state index contributed by atoms with van der Waals surface area (Å²) in [5, 5.41) is 16.2. The van der Waals surface area contributed by atoms with Crippen LogP contribution < -0.4 is 0 Å². The maximum Gasteiger partial charge on any atom is 0.156 e. The lowest BCUT2D eigenvalue weighted by atomic mass is 9.88. The van der Waals surface area contributed by atoms with Crippen LogP contribution in [0.2, 0.25) is 0 Å². The molecule has 2 aromatic rings. The van der Waals surface area contributed by atoms with Gasteiger partial charge in [-0.25, -0.2) is 9.67 Å². The van der Waals surface area contributed by atoms with Gasteiger partial charge in [0.05, 0.1) is 0 Å². The van der Waals surface area contributed by atoms with Gasteiger partial charge in [-0.1, -0.05) is 34.6 Å². The Kier molecular flexibility index (Phi) is 3.62. The van der Waals surface area contributed by atoms with Gasteiger partial charge in [0.2, 0.25) is 0 Å². The van der Waals surface area contributed by atoms with Gasteiger partial charge in [-0.2, -0.15) is 5.10 Å². The minimum atomic E-state index is -0.0770. The molecule has 0 unspecified atom stereocenters. The summed E-state index contributed by atoms with van der Waals surface area (Å²) in [6.07, 6.45) is 2.49. The number of nitrogens with zero attached hydrogens (tertiary/aromatic N) is 7. The molecule has 0 bridgehead atoms. The highest BCUT2D eigenvalue weighted by Crippen LogP contribution is 2.26. The Morgan fingerprint density at radius 1 is 1.10 bits per heavy atom. The first-order valence-corrected chi connectivity index (χ1v) is 6.83. The molecule has 0 saturated heterocycles. The summed E-state index contributed by atoms with van der Waals surface area (Å²) in [5.41, 5.74) is -0.134. The van der Waals surface area contributed by atoms with Gasteiger partial charge in [-0.15, -0.1) is 5.10 Å². The summed E-state index contributed by atoms with van der Waals surface area (Å²) >= 11 is 0. The van der Waals surface area contributed by atoms with Crippen LogP contribution in [0.5, 0.6) is 0 Å². The van der Waals surface area contributed by atoms with E-state index in [-0.39, 0.29) is 10.8 Å². The molecule has 0 saturated carbocycles. The lowest BCUT2D eigenvalue weighted by molar-refractivity contribution is 0.368. The minimum absolute atomic E-state index is 0.0571. The van der Waals surface area contributed by atoms with Gasteiger partial charge in [0.1, 0.15) is 12.2 Å². The standard InChI is InChI=1S/C13H23N7/c1-12(2,3)10-16-17-18-20(10)8-7-13(4,5)11-14-9-15-19(11)6/h9H,7-8H2,1-6H3. The second kappa shape index (κ2) is 4.96. The molecule has 2 aromatic heterocycles. The van der Waals surface area contributed by atoms with Crippen molar-refractivity contribution in [3.05, 3.63) is 18.0 Å². The van der Waals surface area contributed by atoms with E-state index in [0.717, 1.165) is 24.6 Å². The third kappa shape index (κ3) is 2.86. The molecule has 2 heterocycles. The smallest absolute Gasteiger partial charge is 0.156 e. The normalized spacial score (nSPS) is 12.9. The highest BCUT2D eigenvalue weighted by molar-refractivity contribution is 5.04. The third-order valence-electron chi connectivity index (χ3n) is 3.47. The van der Waals surface area contributed by atoms with Gasteiger partial charge in [0.25, 0.3) is 0 Å². The summed E-state index contributed by atoms with van der Waals surface area (Å²) in [7, 11) is 1.92. The maximum absolute atomic E-state index is 4.35. The van der Waals surface area contributed by atoms with Crippen molar-refractivity contribution in [3.8, 4) is 0 Å². The Balaban J connectivity index is 2.13. The summed E-state index contributed by atoms with van der Waals surface area (Å²) in [6.45, 7) is 11.4. The van der Waals surface area contributed by atoms with Crippen LogP contribution in [0, 0.1) is 0 Å². The fourth-order valence-corrected chi connectivity index (χ4v) is 2.30. The first kappa shape index (κ1) is 14.6. The molecule has 110 valence electrons. The Morgan fingerprint density at radius 3 is 2.35 bits per heavy atom. The molecule has 7 nitrogen and oxygen atoms in total. The van der Waals surface area contributed by atoms with Crippen LogP contribution in [0.1, 0.15) is 52.7 Å². The van der Waals surface area contributed by atoms with Crippen LogP contribution in [-0.2, 0) is 24.4 Å². The Labute approximate surface area is 119 Å². The lowest BCUT2D eigenvalue weighted by Crippen LogP contribution is -2.27. The van der Waals surface area contributed by atoms with Crippen molar-refractivity contribution >= 4 is 0 Å². The monoisotopic (exact) mass is 277 g/mol. The molecule has 20 heavy (non-hydrogen) atoms. The van der Waals surface area contributed by atoms with E-state index in [4.69, 9.17) is 0 Å². The average molecular weight is 277 g/mol. The van der Waals surface area contributed by atoms with Crippen LogP contribution >= 0.6 is 0 Å². The molecule has 0 radical (unpaired) electrons. The van der Waals surface area contributed by atoms with Crippen LogP contribution in [0.15, 0.2) is 6.33 Å². The number of hydrogen-bond acceptors (Lipinski definition) is 5. The molecule has 0 atom stereocenters. The van der Waals surface area contributed by atoms with E-state index < -0.39 is 0 Å².